The maximum absolute atomic E-state index is 14.8. The largest absolute Gasteiger partial charge is 0.497 e. The molecule has 1 atom stereocenters. The number of benzene rings is 4. The Morgan fingerprint density at radius 1 is 0.760 bits per heavy atom. The van der Waals surface area contributed by atoms with Crippen molar-refractivity contribution in [2.45, 2.75) is 62.0 Å². The predicted molar refractivity (Wildman–Crippen MR) is 193 cm³/mol. The summed E-state index contributed by atoms with van der Waals surface area (Å²) >= 11 is 0. The number of methoxy groups -OCH3 is 3. The van der Waals surface area contributed by atoms with E-state index in [0.717, 1.165) is 47.5 Å². The van der Waals surface area contributed by atoms with Crippen LogP contribution in [0.1, 0.15) is 43.2 Å². The van der Waals surface area contributed by atoms with E-state index in [1.165, 1.54) is 37.3 Å². The summed E-state index contributed by atoms with van der Waals surface area (Å²) in [5.41, 5.74) is 1.80. The SMILES string of the molecule is COc1cccc(CN(C(=O)CN(c2ccc(OC)c(OC)c2)S(=O)(=O)c2ccccc2)[C@H](Cc2ccccc2)C(=O)NC2CCCCC2)c1. The lowest BCUT2D eigenvalue weighted by Crippen LogP contribution is -2.55. The van der Waals surface area contributed by atoms with Crippen LogP contribution in [0.15, 0.2) is 108 Å². The maximum Gasteiger partial charge on any atom is 0.264 e. The average Bonchev–Trinajstić information content (AvgIpc) is 3.16. The van der Waals surface area contributed by atoms with Crippen LogP contribution in [0.4, 0.5) is 5.69 Å². The quantitative estimate of drug-likeness (QED) is 0.162. The second kappa shape index (κ2) is 17.1. The molecule has 11 heteroatoms. The molecule has 4 aromatic carbocycles. The molecule has 0 bridgehead atoms. The van der Waals surface area contributed by atoms with Crippen LogP contribution < -0.4 is 23.8 Å². The third-order valence-corrected chi connectivity index (χ3v) is 10.8. The number of nitrogens with one attached hydrogen (secondary N) is 1. The van der Waals surface area contributed by atoms with Crippen molar-refractivity contribution in [3.63, 3.8) is 0 Å². The summed E-state index contributed by atoms with van der Waals surface area (Å²) in [4.78, 5) is 30.6. The van der Waals surface area contributed by atoms with E-state index < -0.39 is 28.5 Å². The Balaban J connectivity index is 1.59. The van der Waals surface area contributed by atoms with E-state index in [0.29, 0.717) is 17.2 Å². The van der Waals surface area contributed by atoms with E-state index in [9.17, 15) is 18.0 Å². The molecule has 0 aliphatic heterocycles. The van der Waals surface area contributed by atoms with Crippen molar-refractivity contribution in [2.75, 3.05) is 32.2 Å². The minimum absolute atomic E-state index is 0.00464. The lowest BCUT2D eigenvalue weighted by molar-refractivity contribution is -0.140. The molecule has 0 radical (unpaired) electrons. The molecular weight excluding hydrogens is 655 g/mol. The fourth-order valence-corrected chi connectivity index (χ4v) is 7.72. The van der Waals surface area contributed by atoms with Crippen molar-refractivity contribution in [1.29, 1.82) is 0 Å². The van der Waals surface area contributed by atoms with Gasteiger partial charge in [-0.1, -0.05) is 79.9 Å². The molecule has 0 aromatic heterocycles. The number of amides is 2. The lowest BCUT2D eigenvalue weighted by atomic mass is 9.94. The number of carbonyl (C=O) groups excluding carboxylic acids is 2. The Morgan fingerprint density at radius 3 is 2.08 bits per heavy atom. The molecule has 2 amide bonds. The van der Waals surface area contributed by atoms with Crippen LogP contribution in [0.5, 0.6) is 17.2 Å². The number of rotatable bonds is 15. The molecule has 5 rings (SSSR count). The van der Waals surface area contributed by atoms with Crippen LogP contribution in [0.2, 0.25) is 0 Å². The predicted octanol–water partition coefficient (Wildman–Crippen LogP) is 6.00. The Bertz CT molecular complexity index is 1830. The van der Waals surface area contributed by atoms with Gasteiger partial charge in [-0.3, -0.25) is 13.9 Å². The molecule has 0 heterocycles. The first-order chi connectivity index (χ1) is 24.2. The van der Waals surface area contributed by atoms with Crippen molar-refractivity contribution in [3.05, 3.63) is 114 Å². The van der Waals surface area contributed by atoms with Gasteiger partial charge >= 0.3 is 0 Å². The lowest BCUT2D eigenvalue weighted by Gasteiger charge is -2.35. The normalized spacial score (nSPS) is 13.9. The summed E-state index contributed by atoms with van der Waals surface area (Å²) in [6, 6.07) is 28.5. The zero-order chi connectivity index (χ0) is 35.5. The molecule has 1 saturated carbocycles. The zero-order valence-corrected chi connectivity index (χ0v) is 29.6. The number of hydrogen-bond acceptors (Lipinski definition) is 7. The fourth-order valence-electron chi connectivity index (χ4n) is 6.29. The Labute approximate surface area is 295 Å². The Morgan fingerprint density at radius 2 is 1.42 bits per heavy atom. The number of ether oxygens (including phenoxy) is 3. The van der Waals surface area contributed by atoms with Gasteiger partial charge in [0, 0.05) is 25.1 Å². The summed E-state index contributed by atoms with van der Waals surface area (Å²) in [5.74, 6) is 0.469. The van der Waals surface area contributed by atoms with Crippen LogP contribution in [-0.2, 0) is 32.6 Å². The van der Waals surface area contributed by atoms with Gasteiger partial charge in [0.1, 0.15) is 18.3 Å². The molecule has 1 N–H and O–H groups in total. The second-order valence-electron chi connectivity index (χ2n) is 12.3. The monoisotopic (exact) mass is 699 g/mol. The van der Waals surface area contributed by atoms with Crippen LogP contribution in [0, 0.1) is 0 Å². The third-order valence-electron chi connectivity index (χ3n) is 8.97. The van der Waals surface area contributed by atoms with E-state index in [2.05, 4.69) is 5.32 Å². The first-order valence-electron chi connectivity index (χ1n) is 16.8. The molecule has 1 aliphatic carbocycles. The van der Waals surface area contributed by atoms with Gasteiger partial charge in [0.15, 0.2) is 11.5 Å². The van der Waals surface area contributed by atoms with E-state index in [4.69, 9.17) is 14.2 Å². The van der Waals surface area contributed by atoms with E-state index >= 15 is 0 Å². The molecule has 1 aliphatic rings. The van der Waals surface area contributed by atoms with Gasteiger partial charge in [-0.15, -0.1) is 0 Å². The summed E-state index contributed by atoms with van der Waals surface area (Å²) < 4.78 is 46.1. The van der Waals surface area contributed by atoms with Gasteiger partial charge in [0.2, 0.25) is 11.8 Å². The van der Waals surface area contributed by atoms with Gasteiger partial charge in [-0.25, -0.2) is 8.42 Å². The Hall–Kier alpha value is -5.03. The number of hydrogen-bond donors (Lipinski definition) is 1. The molecule has 264 valence electrons. The van der Waals surface area contributed by atoms with Gasteiger partial charge in [-0.2, -0.15) is 0 Å². The first kappa shape index (κ1) is 36.3. The van der Waals surface area contributed by atoms with Crippen molar-refractivity contribution < 1.29 is 32.2 Å². The van der Waals surface area contributed by atoms with Gasteiger partial charge in [0.25, 0.3) is 10.0 Å². The number of sulfonamides is 1. The van der Waals surface area contributed by atoms with E-state index in [1.54, 1.807) is 43.5 Å². The van der Waals surface area contributed by atoms with Crippen molar-refractivity contribution in [3.8, 4) is 17.2 Å². The highest BCUT2D eigenvalue weighted by molar-refractivity contribution is 7.92. The first-order valence-corrected chi connectivity index (χ1v) is 18.2. The molecule has 4 aromatic rings. The molecule has 50 heavy (non-hydrogen) atoms. The van der Waals surface area contributed by atoms with E-state index in [-0.39, 0.29) is 35.5 Å². The van der Waals surface area contributed by atoms with Crippen LogP contribution in [0.3, 0.4) is 0 Å². The summed E-state index contributed by atoms with van der Waals surface area (Å²) in [7, 11) is 0.237. The topological polar surface area (TPSA) is 114 Å². The van der Waals surface area contributed by atoms with Crippen molar-refractivity contribution in [1.82, 2.24) is 10.2 Å². The maximum atomic E-state index is 14.8. The summed E-state index contributed by atoms with van der Waals surface area (Å²) in [6.07, 6.45) is 5.15. The van der Waals surface area contributed by atoms with Crippen LogP contribution >= 0.6 is 0 Å². The number of anilines is 1. The third kappa shape index (κ3) is 8.95. The highest BCUT2D eigenvalue weighted by atomic mass is 32.2. The van der Waals surface area contributed by atoms with E-state index in [1.807, 2.05) is 48.5 Å². The summed E-state index contributed by atoms with van der Waals surface area (Å²) in [6.45, 7) is -0.546. The van der Waals surface area contributed by atoms with Crippen molar-refractivity contribution >= 4 is 27.5 Å². The van der Waals surface area contributed by atoms with Crippen molar-refractivity contribution in [2.24, 2.45) is 0 Å². The average molecular weight is 700 g/mol. The van der Waals surface area contributed by atoms with Gasteiger partial charge in [0.05, 0.1) is 31.9 Å². The molecule has 10 nitrogen and oxygen atoms in total. The number of nitrogens with zero attached hydrogens (tertiary/aromatic N) is 2. The molecular formula is C39H45N3O7S. The minimum Gasteiger partial charge on any atom is -0.497 e. The fraction of sp³-hybridized carbons (Fsp3) is 0.333. The number of carbonyl (C=O) groups is 2. The molecule has 0 saturated heterocycles. The standard InChI is InChI=1S/C39H45N3O7S/c1-47-33-19-13-16-30(24-33)27-41(35(25-29-14-7-4-8-15-29)39(44)40-31-17-9-5-10-18-31)38(43)28-42(50(45,46)34-20-11-6-12-21-34)32-22-23-36(48-2)37(26-32)49-3/h4,6-8,11-16,19-24,26,31,35H,5,9-10,17-18,25,27-28H2,1-3H3,(H,40,44)/t35-/m1/s1. The second-order valence-corrected chi connectivity index (χ2v) is 14.1. The highest BCUT2D eigenvalue weighted by Crippen LogP contribution is 2.34. The molecule has 0 spiro atoms. The smallest absolute Gasteiger partial charge is 0.264 e. The highest BCUT2D eigenvalue weighted by Gasteiger charge is 2.35. The van der Waals surface area contributed by atoms with Gasteiger partial charge in [-0.05, 0) is 60.4 Å². The molecule has 0 unspecified atom stereocenters. The molecule has 1 fully saturated rings. The van der Waals surface area contributed by atoms with Crippen LogP contribution in [0.25, 0.3) is 0 Å². The summed E-state index contributed by atoms with van der Waals surface area (Å²) in [5, 5.41) is 3.23. The minimum atomic E-state index is -4.27. The van der Waals surface area contributed by atoms with Crippen LogP contribution in [-0.4, -0.2) is 65.1 Å². The Kier molecular flexibility index (Phi) is 12.4. The zero-order valence-electron chi connectivity index (χ0n) is 28.8. The van der Waals surface area contributed by atoms with Gasteiger partial charge < -0.3 is 24.4 Å².